The van der Waals surface area contributed by atoms with Crippen LogP contribution in [0.4, 0.5) is 5.69 Å². The predicted octanol–water partition coefficient (Wildman–Crippen LogP) is 3.29. The summed E-state index contributed by atoms with van der Waals surface area (Å²) in [6, 6.07) is 7.44. The van der Waals surface area contributed by atoms with Crippen LogP contribution < -0.4 is 15.0 Å². The van der Waals surface area contributed by atoms with Crippen molar-refractivity contribution in [3.63, 3.8) is 0 Å². The fourth-order valence-electron chi connectivity index (χ4n) is 3.93. The molecule has 1 aliphatic carbocycles. The van der Waals surface area contributed by atoms with Crippen LogP contribution in [0.25, 0.3) is 0 Å². The summed E-state index contributed by atoms with van der Waals surface area (Å²) in [6.07, 6.45) is 7.66. The molecule has 2 aliphatic rings. The summed E-state index contributed by atoms with van der Waals surface area (Å²) in [5.41, 5.74) is 0.810. The van der Waals surface area contributed by atoms with Crippen LogP contribution in [0.15, 0.2) is 24.3 Å². The van der Waals surface area contributed by atoms with Gasteiger partial charge in [-0.25, -0.2) is 0 Å². The molecule has 1 atom stereocenters. The minimum Gasteiger partial charge on any atom is -0.494 e. The molecule has 1 aromatic rings. The van der Waals surface area contributed by atoms with E-state index in [2.05, 4.69) is 5.32 Å². The van der Waals surface area contributed by atoms with E-state index in [0.717, 1.165) is 30.7 Å². The maximum atomic E-state index is 12.4. The van der Waals surface area contributed by atoms with Gasteiger partial charge < -0.3 is 19.7 Å². The molecule has 0 radical (unpaired) electrons. The third-order valence-corrected chi connectivity index (χ3v) is 5.48. The van der Waals surface area contributed by atoms with Gasteiger partial charge in [-0.2, -0.15) is 0 Å². The first-order valence-electron chi connectivity index (χ1n) is 10.6. The molecule has 2 amide bonds. The number of nitrogens with zero attached hydrogens (tertiary/aromatic N) is 1. The number of rotatable bonds is 9. The molecule has 28 heavy (non-hydrogen) atoms. The van der Waals surface area contributed by atoms with E-state index in [1.165, 1.54) is 19.3 Å². The van der Waals surface area contributed by atoms with E-state index in [9.17, 15) is 9.59 Å². The highest BCUT2D eigenvalue weighted by Crippen LogP contribution is 2.27. The maximum absolute atomic E-state index is 12.4. The first-order chi connectivity index (χ1) is 13.7. The van der Waals surface area contributed by atoms with E-state index in [0.29, 0.717) is 32.4 Å². The van der Waals surface area contributed by atoms with Gasteiger partial charge in [-0.3, -0.25) is 9.59 Å². The molecule has 154 valence electrons. The second kappa shape index (κ2) is 10.5. The van der Waals surface area contributed by atoms with Crippen molar-refractivity contribution in [2.45, 2.75) is 58.0 Å². The molecule has 1 saturated carbocycles. The Hall–Kier alpha value is -2.08. The first kappa shape index (κ1) is 20.6. The van der Waals surface area contributed by atoms with Gasteiger partial charge in [-0.1, -0.05) is 19.3 Å². The van der Waals surface area contributed by atoms with Crippen molar-refractivity contribution in [2.75, 3.05) is 31.2 Å². The predicted molar refractivity (Wildman–Crippen MR) is 109 cm³/mol. The average molecular weight is 389 g/mol. The molecule has 0 bridgehead atoms. The molecular formula is C22H32N2O4. The van der Waals surface area contributed by atoms with Gasteiger partial charge in [0.1, 0.15) is 5.75 Å². The Labute approximate surface area is 167 Å². The lowest BCUT2D eigenvalue weighted by Crippen LogP contribution is -2.34. The number of anilines is 1. The molecule has 0 aromatic heterocycles. The number of carbonyl (C=O) groups excluding carboxylic acids is 2. The molecule has 3 rings (SSSR count). The van der Waals surface area contributed by atoms with Crippen LogP contribution in [-0.2, 0) is 14.3 Å². The number of benzene rings is 1. The van der Waals surface area contributed by atoms with Gasteiger partial charge in [0, 0.05) is 31.8 Å². The molecule has 1 saturated heterocycles. The lowest BCUT2D eigenvalue weighted by molar-refractivity contribution is -0.126. The third-order valence-electron chi connectivity index (χ3n) is 5.48. The normalized spacial score (nSPS) is 20.4. The van der Waals surface area contributed by atoms with Gasteiger partial charge in [-0.05, 0) is 50.5 Å². The maximum Gasteiger partial charge on any atom is 0.227 e. The lowest BCUT2D eigenvalue weighted by Gasteiger charge is -2.22. The highest BCUT2D eigenvalue weighted by Gasteiger charge is 2.34. The van der Waals surface area contributed by atoms with Crippen LogP contribution in [0, 0.1) is 5.92 Å². The molecule has 2 fully saturated rings. The van der Waals surface area contributed by atoms with E-state index in [1.807, 2.05) is 31.2 Å². The monoisotopic (exact) mass is 388 g/mol. The molecule has 1 aliphatic heterocycles. The molecule has 6 nitrogen and oxygen atoms in total. The zero-order chi connectivity index (χ0) is 19.8. The summed E-state index contributed by atoms with van der Waals surface area (Å²) >= 11 is 0. The quantitative estimate of drug-likeness (QED) is 0.659. The standard InChI is InChI=1S/C22H32N2O4/c1-2-27-20-11-9-18(10-12-20)24-16-17(15-21(24)25)22(26)23-13-6-14-28-19-7-4-3-5-8-19/h9-12,17,19H,2-8,13-16H2,1H3,(H,23,26)/t17-/m0/s1. The van der Waals surface area contributed by atoms with E-state index in [1.54, 1.807) is 4.90 Å². The molecule has 6 heteroatoms. The number of carbonyl (C=O) groups is 2. The third kappa shape index (κ3) is 5.71. The highest BCUT2D eigenvalue weighted by atomic mass is 16.5. The minimum absolute atomic E-state index is 0.00931. The van der Waals surface area contributed by atoms with Crippen molar-refractivity contribution in [2.24, 2.45) is 5.92 Å². The van der Waals surface area contributed by atoms with Crippen LogP contribution >= 0.6 is 0 Å². The van der Waals surface area contributed by atoms with Gasteiger partial charge in [0.2, 0.25) is 11.8 Å². The zero-order valence-electron chi connectivity index (χ0n) is 16.8. The topological polar surface area (TPSA) is 67.9 Å². The summed E-state index contributed by atoms with van der Waals surface area (Å²) in [6.45, 7) is 4.25. The SMILES string of the molecule is CCOc1ccc(N2C[C@@H](C(=O)NCCCOC3CCCCC3)CC2=O)cc1. The second-order valence-electron chi connectivity index (χ2n) is 7.61. The lowest BCUT2D eigenvalue weighted by atomic mass is 9.98. The zero-order valence-corrected chi connectivity index (χ0v) is 16.8. The smallest absolute Gasteiger partial charge is 0.227 e. The summed E-state index contributed by atoms with van der Waals surface area (Å²) < 4.78 is 11.3. The number of hydrogen-bond donors (Lipinski definition) is 1. The Morgan fingerprint density at radius 3 is 2.64 bits per heavy atom. The van der Waals surface area contributed by atoms with Crippen molar-refractivity contribution >= 4 is 17.5 Å². The van der Waals surface area contributed by atoms with Crippen molar-refractivity contribution in [1.82, 2.24) is 5.32 Å². The van der Waals surface area contributed by atoms with Crippen LogP contribution in [0.3, 0.4) is 0 Å². The van der Waals surface area contributed by atoms with E-state index < -0.39 is 0 Å². The van der Waals surface area contributed by atoms with Gasteiger partial charge in [0.15, 0.2) is 0 Å². The van der Waals surface area contributed by atoms with Crippen molar-refractivity contribution in [3.8, 4) is 5.75 Å². The van der Waals surface area contributed by atoms with Crippen LogP contribution in [-0.4, -0.2) is 44.2 Å². The average Bonchev–Trinajstić information content (AvgIpc) is 3.11. The first-order valence-corrected chi connectivity index (χ1v) is 10.6. The van der Waals surface area contributed by atoms with Gasteiger partial charge in [-0.15, -0.1) is 0 Å². The van der Waals surface area contributed by atoms with Gasteiger partial charge in [0.05, 0.1) is 18.6 Å². The molecule has 0 unspecified atom stereocenters. The molecule has 1 heterocycles. The number of amides is 2. The molecule has 0 spiro atoms. The van der Waals surface area contributed by atoms with Crippen LogP contribution in [0.5, 0.6) is 5.75 Å². The number of ether oxygens (including phenoxy) is 2. The van der Waals surface area contributed by atoms with Gasteiger partial charge >= 0.3 is 0 Å². The summed E-state index contributed by atoms with van der Waals surface area (Å²) in [7, 11) is 0. The largest absolute Gasteiger partial charge is 0.494 e. The fourth-order valence-corrected chi connectivity index (χ4v) is 3.93. The Morgan fingerprint density at radius 1 is 1.18 bits per heavy atom. The second-order valence-corrected chi connectivity index (χ2v) is 7.61. The Morgan fingerprint density at radius 2 is 1.93 bits per heavy atom. The fraction of sp³-hybridized carbons (Fsp3) is 0.636. The van der Waals surface area contributed by atoms with E-state index in [-0.39, 0.29) is 24.2 Å². The molecule has 1 N–H and O–H groups in total. The summed E-state index contributed by atoms with van der Waals surface area (Å²) in [5.74, 6) is 0.436. The van der Waals surface area contributed by atoms with Gasteiger partial charge in [0.25, 0.3) is 0 Å². The Bertz CT molecular complexity index is 640. The summed E-state index contributed by atoms with van der Waals surface area (Å²) in [5, 5.41) is 2.96. The van der Waals surface area contributed by atoms with Crippen molar-refractivity contribution < 1.29 is 19.1 Å². The number of hydrogen-bond acceptors (Lipinski definition) is 4. The minimum atomic E-state index is -0.293. The van der Waals surface area contributed by atoms with Crippen molar-refractivity contribution in [3.05, 3.63) is 24.3 Å². The summed E-state index contributed by atoms with van der Waals surface area (Å²) in [4.78, 5) is 26.5. The molecule has 1 aromatic carbocycles. The Kier molecular flexibility index (Phi) is 7.71. The number of nitrogens with one attached hydrogen (secondary N) is 1. The van der Waals surface area contributed by atoms with E-state index in [4.69, 9.17) is 9.47 Å². The van der Waals surface area contributed by atoms with Crippen LogP contribution in [0.2, 0.25) is 0 Å². The highest BCUT2D eigenvalue weighted by molar-refractivity contribution is 6.00. The molecular weight excluding hydrogens is 356 g/mol. The Balaban J connectivity index is 1.38. The van der Waals surface area contributed by atoms with Crippen LogP contribution in [0.1, 0.15) is 51.9 Å². The van der Waals surface area contributed by atoms with E-state index >= 15 is 0 Å². The van der Waals surface area contributed by atoms with Crippen molar-refractivity contribution in [1.29, 1.82) is 0 Å².